The third-order valence-corrected chi connectivity index (χ3v) is 3.31. The minimum absolute atomic E-state index is 0.307. The van der Waals surface area contributed by atoms with Crippen molar-refractivity contribution in [1.82, 2.24) is 25.5 Å². The number of hydrogen-bond donors (Lipinski definition) is 1. The Hall–Kier alpha value is -3.03. The molecule has 2 rings (SSSR count). The highest BCUT2D eigenvalue weighted by Crippen LogP contribution is 2.15. The number of carbonyl (C=O) groups is 2. The van der Waals surface area contributed by atoms with Crippen molar-refractivity contribution in [3.63, 3.8) is 0 Å². The van der Waals surface area contributed by atoms with Crippen LogP contribution < -0.4 is 5.32 Å². The molecule has 1 aromatic carbocycles. The Kier molecular flexibility index (Phi) is 6.18. The van der Waals surface area contributed by atoms with Gasteiger partial charge in [-0.05, 0) is 22.9 Å². The largest absolute Gasteiger partial charge is 0.451 e. The molecule has 24 heavy (non-hydrogen) atoms. The first-order chi connectivity index (χ1) is 11.6. The molecule has 0 radical (unpaired) electrons. The van der Waals surface area contributed by atoms with Gasteiger partial charge in [-0.15, -0.1) is 11.7 Å². The van der Waals surface area contributed by atoms with Gasteiger partial charge in [0.05, 0.1) is 0 Å². The molecule has 8 nitrogen and oxygen atoms in total. The van der Waals surface area contributed by atoms with E-state index in [1.807, 2.05) is 30.3 Å². The van der Waals surface area contributed by atoms with Crippen LogP contribution in [0.5, 0.6) is 0 Å². The van der Waals surface area contributed by atoms with Crippen LogP contribution >= 0.6 is 0 Å². The number of esters is 1. The van der Waals surface area contributed by atoms with Crippen LogP contribution in [0.4, 0.5) is 0 Å². The van der Waals surface area contributed by atoms with E-state index >= 15 is 0 Å². The van der Waals surface area contributed by atoms with Gasteiger partial charge in [-0.2, -0.15) is 0 Å². The zero-order valence-electron chi connectivity index (χ0n) is 13.3. The van der Waals surface area contributed by atoms with E-state index < -0.39 is 24.0 Å². The molecular weight excluding hydrogens is 310 g/mol. The van der Waals surface area contributed by atoms with Crippen molar-refractivity contribution in [1.29, 1.82) is 0 Å². The monoisotopic (exact) mass is 329 g/mol. The van der Waals surface area contributed by atoms with Crippen molar-refractivity contribution >= 4 is 11.9 Å². The minimum atomic E-state index is -0.924. The van der Waals surface area contributed by atoms with E-state index in [1.165, 1.54) is 17.9 Å². The molecule has 1 N–H and O–H groups in total. The topological polar surface area (TPSA) is 99.0 Å². The summed E-state index contributed by atoms with van der Waals surface area (Å²) in [6, 6.07) is 8.68. The van der Waals surface area contributed by atoms with Crippen LogP contribution in [0.2, 0.25) is 0 Å². The van der Waals surface area contributed by atoms with E-state index in [0.717, 1.165) is 5.56 Å². The molecule has 0 fully saturated rings. The van der Waals surface area contributed by atoms with Gasteiger partial charge in [0.15, 0.2) is 12.1 Å². The van der Waals surface area contributed by atoms with E-state index in [-0.39, 0.29) is 0 Å². The lowest BCUT2D eigenvalue weighted by molar-refractivity contribution is -0.158. The van der Waals surface area contributed by atoms with Crippen molar-refractivity contribution in [2.24, 2.45) is 0 Å². The fourth-order valence-corrected chi connectivity index (χ4v) is 2.06. The fourth-order valence-electron chi connectivity index (χ4n) is 2.06. The smallest absolute Gasteiger partial charge is 0.332 e. The molecule has 1 amide bonds. The third kappa shape index (κ3) is 4.73. The molecule has 8 heteroatoms. The highest BCUT2D eigenvalue weighted by Gasteiger charge is 2.27. The summed E-state index contributed by atoms with van der Waals surface area (Å²) in [5, 5.41) is 13.5. The molecular formula is C16H19N5O3. The Morgan fingerprint density at radius 3 is 2.75 bits per heavy atom. The van der Waals surface area contributed by atoms with Gasteiger partial charge in [0.2, 0.25) is 0 Å². The molecule has 0 bridgehead atoms. The number of nitrogens with one attached hydrogen (secondary N) is 1. The maximum atomic E-state index is 12.5. The number of tetrazole rings is 1. The summed E-state index contributed by atoms with van der Waals surface area (Å²) in [4.78, 5) is 24.3. The molecule has 0 saturated carbocycles. The average molecular weight is 329 g/mol. The summed E-state index contributed by atoms with van der Waals surface area (Å²) < 4.78 is 6.59. The number of rotatable bonds is 8. The Morgan fingerprint density at radius 2 is 2.12 bits per heavy atom. The number of ether oxygens (including phenoxy) is 1. The summed E-state index contributed by atoms with van der Waals surface area (Å²) in [6.07, 6.45) is 2.32. The molecule has 1 aromatic heterocycles. The second-order valence-electron chi connectivity index (χ2n) is 5.11. The lowest BCUT2D eigenvalue weighted by atomic mass is 10.1. The number of amides is 1. The Bertz CT molecular complexity index is 672. The quantitative estimate of drug-likeness (QED) is 0.565. The van der Waals surface area contributed by atoms with Gasteiger partial charge in [-0.1, -0.05) is 36.4 Å². The van der Waals surface area contributed by atoms with Crippen LogP contribution in [-0.4, -0.2) is 44.7 Å². The summed E-state index contributed by atoms with van der Waals surface area (Å²) in [6.45, 7) is 5.33. The molecule has 0 unspecified atom stereocenters. The summed E-state index contributed by atoms with van der Waals surface area (Å²) in [7, 11) is 0. The highest BCUT2D eigenvalue weighted by atomic mass is 16.5. The summed E-state index contributed by atoms with van der Waals surface area (Å²) >= 11 is 0. The van der Waals surface area contributed by atoms with Crippen LogP contribution in [0.25, 0.3) is 0 Å². The van der Waals surface area contributed by atoms with Gasteiger partial charge in [-0.3, -0.25) is 4.79 Å². The number of benzene rings is 1. The fraction of sp³-hybridized carbons (Fsp3) is 0.312. The van der Waals surface area contributed by atoms with Gasteiger partial charge in [0.1, 0.15) is 6.33 Å². The van der Waals surface area contributed by atoms with Crippen molar-refractivity contribution in [2.45, 2.75) is 25.5 Å². The molecule has 2 aromatic rings. The molecule has 126 valence electrons. The maximum Gasteiger partial charge on any atom is 0.332 e. The Morgan fingerprint density at radius 1 is 1.38 bits per heavy atom. The number of nitrogens with zero attached hydrogens (tertiary/aromatic N) is 4. The van der Waals surface area contributed by atoms with Gasteiger partial charge in [-0.25, -0.2) is 9.48 Å². The van der Waals surface area contributed by atoms with Crippen molar-refractivity contribution in [3.8, 4) is 0 Å². The highest BCUT2D eigenvalue weighted by molar-refractivity contribution is 5.84. The first kappa shape index (κ1) is 17.3. The van der Waals surface area contributed by atoms with Gasteiger partial charge in [0.25, 0.3) is 5.91 Å². The lowest BCUT2D eigenvalue weighted by Gasteiger charge is -2.18. The lowest BCUT2D eigenvalue weighted by Crippen LogP contribution is -2.38. The first-order valence-corrected chi connectivity index (χ1v) is 7.47. The predicted molar refractivity (Wildman–Crippen MR) is 85.8 cm³/mol. The minimum Gasteiger partial charge on any atom is -0.451 e. The first-order valence-electron chi connectivity index (χ1n) is 7.47. The Balaban J connectivity index is 2.08. The van der Waals surface area contributed by atoms with Gasteiger partial charge >= 0.3 is 5.97 Å². The molecule has 2 atom stereocenters. The van der Waals surface area contributed by atoms with E-state index in [1.54, 1.807) is 6.08 Å². The second-order valence-corrected chi connectivity index (χ2v) is 5.11. The zero-order chi connectivity index (χ0) is 17.4. The molecule has 0 aliphatic heterocycles. The SMILES string of the molecule is C=CCNC(=O)[C@H](C)OC(=O)[C@@H](Cc1ccccc1)n1cnnn1. The van der Waals surface area contributed by atoms with Crippen LogP contribution in [-0.2, 0) is 20.7 Å². The van der Waals surface area contributed by atoms with E-state index in [0.29, 0.717) is 13.0 Å². The maximum absolute atomic E-state index is 12.5. The van der Waals surface area contributed by atoms with E-state index in [9.17, 15) is 9.59 Å². The molecule has 0 spiro atoms. The average Bonchev–Trinajstić information content (AvgIpc) is 3.12. The van der Waals surface area contributed by atoms with E-state index in [2.05, 4.69) is 27.4 Å². The summed E-state index contributed by atoms with van der Waals surface area (Å²) in [5.41, 5.74) is 0.929. The van der Waals surface area contributed by atoms with Gasteiger partial charge < -0.3 is 10.1 Å². The number of hydrogen-bond acceptors (Lipinski definition) is 6. The third-order valence-electron chi connectivity index (χ3n) is 3.31. The van der Waals surface area contributed by atoms with Gasteiger partial charge in [0, 0.05) is 13.0 Å². The normalized spacial score (nSPS) is 12.9. The second kappa shape index (κ2) is 8.56. The van der Waals surface area contributed by atoms with Crippen LogP contribution in [0.1, 0.15) is 18.5 Å². The van der Waals surface area contributed by atoms with Crippen molar-refractivity contribution in [2.75, 3.05) is 6.54 Å². The molecule has 1 heterocycles. The summed E-state index contributed by atoms with van der Waals surface area (Å²) in [5.74, 6) is -0.967. The van der Waals surface area contributed by atoms with Crippen molar-refractivity contribution < 1.29 is 14.3 Å². The zero-order valence-corrected chi connectivity index (χ0v) is 13.3. The van der Waals surface area contributed by atoms with Crippen LogP contribution in [0.15, 0.2) is 49.3 Å². The predicted octanol–water partition coefficient (Wildman–Crippen LogP) is 0.691. The molecule has 0 aliphatic carbocycles. The van der Waals surface area contributed by atoms with E-state index in [4.69, 9.17) is 4.74 Å². The van der Waals surface area contributed by atoms with Crippen LogP contribution in [0.3, 0.4) is 0 Å². The molecule has 0 aliphatic rings. The number of aromatic nitrogens is 4. The van der Waals surface area contributed by atoms with Crippen molar-refractivity contribution in [3.05, 3.63) is 54.9 Å². The van der Waals surface area contributed by atoms with Crippen LogP contribution in [0, 0.1) is 0 Å². The molecule has 0 saturated heterocycles. The number of carbonyl (C=O) groups excluding carboxylic acids is 2. The Labute approximate surface area is 139 Å². The standard InChI is InChI=1S/C16H19N5O3/c1-3-9-17-15(22)12(2)24-16(23)14(21-11-18-19-20-21)10-13-7-5-4-6-8-13/h3-8,11-12,14H,1,9-10H2,2H3,(H,17,22)/t12-,14+/m0/s1.